The highest BCUT2D eigenvalue weighted by atomic mass is 32.2. The molecule has 1 heterocycles. The fraction of sp³-hybridized carbons (Fsp3) is 0.381. The van der Waals surface area contributed by atoms with Gasteiger partial charge in [0.25, 0.3) is 11.6 Å². The second kappa shape index (κ2) is 10.4. The van der Waals surface area contributed by atoms with E-state index in [1.807, 2.05) is 0 Å². The van der Waals surface area contributed by atoms with E-state index in [2.05, 4.69) is 5.32 Å². The maximum absolute atomic E-state index is 13.2. The summed E-state index contributed by atoms with van der Waals surface area (Å²) in [5.41, 5.74) is 0.208. The van der Waals surface area contributed by atoms with Crippen LogP contribution in [0, 0.1) is 10.1 Å². The van der Waals surface area contributed by atoms with Gasteiger partial charge in [0, 0.05) is 30.9 Å². The minimum Gasteiger partial charge on any atom is -0.492 e. The second-order valence-electron chi connectivity index (χ2n) is 7.15. The Kier molecular flexibility index (Phi) is 7.65. The average Bonchev–Trinajstić information content (AvgIpc) is 2.79. The Balaban J connectivity index is 1.71. The molecule has 0 spiro atoms. The minimum absolute atomic E-state index is 0.00957. The van der Waals surface area contributed by atoms with E-state index in [0.29, 0.717) is 31.1 Å². The molecule has 11 heteroatoms. The molecule has 1 saturated heterocycles. The molecule has 0 aliphatic carbocycles. The lowest BCUT2D eigenvalue weighted by Crippen LogP contribution is -2.35. The number of rotatable bonds is 9. The van der Waals surface area contributed by atoms with Crippen LogP contribution in [0.15, 0.2) is 47.4 Å². The van der Waals surface area contributed by atoms with Crippen molar-refractivity contribution in [1.29, 1.82) is 0 Å². The third-order valence-electron chi connectivity index (χ3n) is 4.88. The summed E-state index contributed by atoms with van der Waals surface area (Å²) in [6, 6.07) is 9.81. The van der Waals surface area contributed by atoms with E-state index in [4.69, 9.17) is 9.47 Å². The van der Waals surface area contributed by atoms with Crippen LogP contribution in [0.25, 0.3) is 0 Å². The van der Waals surface area contributed by atoms with E-state index in [-0.39, 0.29) is 22.9 Å². The molecule has 0 atom stereocenters. The molecule has 1 amide bonds. The Hall–Kier alpha value is -3.18. The van der Waals surface area contributed by atoms with Crippen molar-refractivity contribution in [1.82, 2.24) is 4.31 Å². The highest BCUT2D eigenvalue weighted by Gasteiger charge is 2.29. The molecule has 1 aliphatic heterocycles. The molecular weight excluding hydrogens is 438 g/mol. The first kappa shape index (κ1) is 23.5. The summed E-state index contributed by atoms with van der Waals surface area (Å²) < 4.78 is 38.6. The molecule has 0 radical (unpaired) electrons. The number of sulfonamides is 1. The number of nitrogens with zero attached hydrogens (tertiary/aromatic N) is 2. The number of benzene rings is 2. The topological polar surface area (TPSA) is 128 Å². The molecule has 1 fully saturated rings. The molecule has 2 aromatic carbocycles. The number of anilines is 1. The quantitative estimate of drug-likeness (QED) is 0.447. The van der Waals surface area contributed by atoms with Gasteiger partial charge in [-0.15, -0.1) is 0 Å². The number of nitro benzene ring substituents is 1. The SMILES string of the molecule is CCOc1ccc(NC(=O)COc2ccc([N+](=O)[O-])cc2)cc1S(=O)(=O)N1CCCCC1. The van der Waals surface area contributed by atoms with Crippen molar-refractivity contribution < 1.29 is 27.6 Å². The van der Waals surface area contributed by atoms with Crippen molar-refractivity contribution in [2.24, 2.45) is 0 Å². The van der Waals surface area contributed by atoms with Crippen molar-refractivity contribution in [2.45, 2.75) is 31.1 Å². The van der Waals surface area contributed by atoms with Gasteiger partial charge in [-0.1, -0.05) is 6.42 Å². The number of ether oxygens (including phenoxy) is 2. The zero-order chi connectivity index (χ0) is 23.1. The maximum atomic E-state index is 13.2. The lowest BCUT2D eigenvalue weighted by atomic mass is 10.2. The van der Waals surface area contributed by atoms with Gasteiger partial charge in [0.15, 0.2) is 6.61 Å². The van der Waals surface area contributed by atoms with Gasteiger partial charge < -0.3 is 14.8 Å². The summed E-state index contributed by atoms with van der Waals surface area (Å²) in [7, 11) is -3.77. The van der Waals surface area contributed by atoms with E-state index >= 15 is 0 Å². The first-order valence-electron chi connectivity index (χ1n) is 10.3. The minimum atomic E-state index is -3.77. The summed E-state index contributed by atoms with van der Waals surface area (Å²) >= 11 is 0. The smallest absolute Gasteiger partial charge is 0.269 e. The number of hydrogen-bond acceptors (Lipinski definition) is 7. The molecular formula is C21H25N3O7S. The first-order valence-corrected chi connectivity index (χ1v) is 11.7. The van der Waals surface area contributed by atoms with Gasteiger partial charge in [0.05, 0.1) is 11.5 Å². The third kappa shape index (κ3) is 5.74. The van der Waals surface area contributed by atoms with Crippen molar-refractivity contribution in [2.75, 3.05) is 31.6 Å². The van der Waals surface area contributed by atoms with E-state index in [1.54, 1.807) is 13.0 Å². The highest BCUT2D eigenvalue weighted by Crippen LogP contribution is 2.31. The van der Waals surface area contributed by atoms with Crippen LogP contribution in [-0.2, 0) is 14.8 Å². The fourth-order valence-corrected chi connectivity index (χ4v) is 4.99. The highest BCUT2D eigenvalue weighted by molar-refractivity contribution is 7.89. The van der Waals surface area contributed by atoms with Crippen LogP contribution in [0.2, 0.25) is 0 Å². The van der Waals surface area contributed by atoms with Crippen LogP contribution >= 0.6 is 0 Å². The van der Waals surface area contributed by atoms with Gasteiger partial charge >= 0.3 is 0 Å². The summed E-state index contributed by atoms with van der Waals surface area (Å²) in [6.07, 6.45) is 2.61. The number of non-ortho nitro benzene ring substituents is 1. The monoisotopic (exact) mass is 463 g/mol. The van der Waals surface area contributed by atoms with Crippen LogP contribution in [0.5, 0.6) is 11.5 Å². The molecule has 1 aliphatic rings. The number of amides is 1. The van der Waals surface area contributed by atoms with Crippen LogP contribution in [0.1, 0.15) is 26.2 Å². The number of piperidine rings is 1. The van der Waals surface area contributed by atoms with Gasteiger partial charge in [-0.25, -0.2) is 8.42 Å². The summed E-state index contributed by atoms with van der Waals surface area (Å²) in [6.45, 7) is 2.63. The van der Waals surface area contributed by atoms with E-state index in [0.717, 1.165) is 19.3 Å². The molecule has 2 aromatic rings. The largest absolute Gasteiger partial charge is 0.492 e. The lowest BCUT2D eigenvalue weighted by Gasteiger charge is -2.27. The number of carbonyl (C=O) groups excluding carboxylic acids is 1. The average molecular weight is 464 g/mol. The van der Waals surface area contributed by atoms with E-state index in [9.17, 15) is 23.3 Å². The van der Waals surface area contributed by atoms with Crippen LogP contribution in [0.4, 0.5) is 11.4 Å². The van der Waals surface area contributed by atoms with Crippen molar-refractivity contribution in [3.8, 4) is 11.5 Å². The summed E-state index contributed by atoms with van der Waals surface area (Å²) in [5.74, 6) is 0.0258. The molecule has 0 bridgehead atoms. The maximum Gasteiger partial charge on any atom is 0.269 e. The van der Waals surface area contributed by atoms with Crippen LogP contribution in [-0.4, -0.2) is 49.9 Å². The van der Waals surface area contributed by atoms with Crippen molar-refractivity contribution >= 4 is 27.3 Å². The second-order valence-corrected chi connectivity index (χ2v) is 9.05. The summed E-state index contributed by atoms with van der Waals surface area (Å²) in [5, 5.41) is 13.3. The van der Waals surface area contributed by atoms with Gasteiger partial charge in [-0.3, -0.25) is 14.9 Å². The number of nitrogens with one attached hydrogen (secondary N) is 1. The van der Waals surface area contributed by atoms with Gasteiger partial charge in [0.1, 0.15) is 16.4 Å². The molecule has 0 aromatic heterocycles. The van der Waals surface area contributed by atoms with Crippen molar-refractivity contribution in [3.63, 3.8) is 0 Å². The standard InChI is InChI=1S/C21H25N3O7S/c1-2-30-19-11-6-16(14-20(19)32(28,29)23-12-4-3-5-13-23)22-21(25)15-31-18-9-7-17(8-10-18)24(26)27/h6-11,14H,2-5,12-13,15H2,1H3,(H,22,25). The molecule has 0 unspecified atom stereocenters. The van der Waals surface area contributed by atoms with E-state index < -0.39 is 20.9 Å². The molecule has 1 N–H and O–H groups in total. The van der Waals surface area contributed by atoms with Gasteiger partial charge in [0.2, 0.25) is 10.0 Å². The van der Waals surface area contributed by atoms with Crippen LogP contribution < -0.4 is 14.8 Å². The molecule has 0 saturated carbocycles. The van der Waals surface area contributed by atoms with E-state index in [1.165, 1.54) is 40.7 Å². The Morgan fingerprint density at radius 3 is 2.41 bits per heavy atom. The normalized spacial score (nSPS) is 14.5. The zero-order valence-corrected chi connectivity index (χ0v) is 18.5. The third-order valence-corrected chi connectivity index (χ3v) is 6.80. The fourth-order valence-electron chi connectivity index (χ4n) is 3.32. The number of carbonyl (C=O) groups is 1. The lowest BCUT2D eigenvalue weighted by molar-refractivity contribution is -0.384. The first-order chi connectivity index (χ1) is 15.3. The predicted molar refractivity (Wildman–Crippen MR) is 117 cm³/mol. The Bertz CT molecular complexity index is 1070. The Morgan fingerprint density at radius 2 is 1.78 bits per heavy atom. The zero-order valence-electron chi connectivity index (χ0n) is 17.7. The number of nitro groups is 1. The predicted octanol–water partition coefficient (Wildman–Crippen LogP) is 3.19. The molecule has 3 rings (SSSR count). The Morgan fingerprint density at radius 1 is 1.09 bits per heavy atom. The van der Waals surface area contributed by atoms with Gasteiger partial charge in [-0.2, -0.15) is 4.31 Å². The van der Waals surface area contributed by atoms with Crippen LogP contribution in [0.3, 0.4) is 0 Å². The molecule has 10 nitrogen and oxygen atoms in total. The summed E-state index contributed by atoms with van der Waals surface area (Å²) in [4.78, 5) is 22.5. The number of hydrogen-bond donors (Lipinski definition) is 1. The van der Waals surface area contributed by atoms with Crippen molar-refractivity contribution in [3.05, 3.63) is 52.6 Å². The molecule has 172 valence electrons. The Labute approximate surface area is 186 Å². The molecule has 32 heavy (non-hydrogen) atoms. The van der Waals surface area contributed by atoms with Gasteiger partial charge in [-0.05, 0) is 50.1 Å².